The predicted octanol–water partition coefficient (Wildman–Crippen LogP) is 1.03. The Bertz CT molecular complexity index is 714. The topological polar surface area (TPSA) is 85.2 Å². The van der Waals surface area contributed by atoms with Gasteiger partial charge in [0, 0.05) is 25.9 Å². The maximum Gasteiger partial charge on any atom is 0.271 e. The van der Waals surface area contributed by atoms with Crippen LogP contribution in [0.25, 0.3) is 0 Å². The van der Waals surface area contributed by atoms with E-state index < -0.39 is 0 Å². The van der Waals surface area contributed by atoms with Crippen LogP contribution >= 0.6 is 0 Å². The molecule has 1 N–H and O–H groups in total. The highest BCUT2D eigenvalue weighted by molar-refractivity contribution is 5.92. The molecule has 1 aliphatic rings. The maximum absolute atomic E-state index is 12.3. The van der Waals surface area contributed by atoms with Crippen LogP contribution in [-0.4, -0.2) is 57.8 Å². The highest BCUT2D eigenvalue weighted by Crippen LogP contribution is 2.34. The minimum atomic E-state index is -0.216. The van der Waals surface area contributed by atoms with Crippen molar-refractivity contribution in [1.29, 1.82) is 0 Å². The summed E-state index contributed by atoms with van der Waals surface area (Å²) in [6.45, 7) is 1.64. The highest BCUT2D eigenvalue weighted by Gasteiger charge is 2.32. The molecule has 25 heavy (non-hydrogen) atoms. The lowest BCUT2D eigenvalue weighted by molar-refractivity contribution is 0.0876. The molecule has 0 unspecified atom stereocenters. The second-order valence-electron chi connectivity index (χ2n) is 6.43. The first kappa shape index (κ1) is 17.3. The number of carbonyl (C=O) groups excluding carboxylic acids is 1. The average molecular weight is 344 g/mol. The molecule has 0 saturated carbocycles. The number of methoxy groups -OCH3 is 1. The van der Waals surface area contributed by atoms with Gasteiger partial charge >= 0.3 is 0 Å². The number of nitrogens with one attached hydrogen (secondary N) is 1. The molecule has 2 aromatic heterocycles. The molecule has 1 aliphatic heterocycles. The Labute approximate surface area is 147 Å². The van der Waals surface area contributed by atoms with Gasteiger partial charge in [0.1, 0.15) is 0 Å². The number of amides is 1. The summed E-state index contributed by atoms with van der Waals surface area (Å²) >= 11 is 0. The van der Waals surface area contributed by atoms with Crippen molar-refractivity contribution in [2.45, 2.75) is 18.9 Å². The average Bonchev–Trinajstić information content (AvgIpc) is 3.05. The third-order valence-corrected chi connectivity index (χ3v) is 4.77. The minimum Gasteiger partial charge on any atom is -0.480 e. The molecule has 0 bridgehead atoms. The first-order chi connectivity index (χ1) is 12.1. The zero-order chi connectivity index (χ0) is 17.8. The Morgan fingerprint density at radius 2 is 2.20 bits per heavy atom. The first-order valence-electron chi connectivity index (χ1n) is 8.42. The summed E-state index contributed by atoms with van der Waals surface area (Å²) < 4.78 is 7.02. The molecule has 0 aromatic carbocycles. The van der Waals surface area contributed by atoms with Crippen molar-refractivity contribution in [2.75, 3.05) is 27.2 Å². The molecule has 2 aromatic rings. The number of aryl methyl sites for hydroxylation is 1. The molecule has 1 fully saturated rings. The third kappa shape index (κ3) is 3.79. The molecule has 8 heteroatoms. The van der Waals surface area contributed by atoms with Gasteiger partial charge in [-0.15, -0.1) is 10.2 Å². The number of hydrogen-bond acceptors (Lipinski definition) is 6. The van der Waals surface area contributed by atoms with Crippen molar-refractivity contribution < 1.29 is 9.53 Å². The molecule has 3 heterocycles. The second-order valence-corrected chi connectivity index (χ2v) is 6.43. The fourth-order valence-corrected chi connectivity index (χ4v) is 3.46. The molecular formula is C17H24N6O2. The molecule has 2 atom stereocenters. The largest absolute Gasteiger partial charge is 0.480 e. The number of hydrogen-bond donors (Lipinski definition) is 1. The van der Waals surface area contributed by atoms with E-state index in [0.717, 1.165) is 19.4 Å². The zero-order valence-corrected chi connectivity index (χ0v) is 14.8. The SMILES string of the molecule is COc1ccc(C(=O)NC[C@@H]2CCCN(C)[C@H]2c2cncn2C)nn1. The van der Waals surface area contributed by atoms with E-state index in [1.54, 1.807) is 12.1 Å². The van der Waals surface area contributed by atoms with Gasteiger partial charge in [-0.25, -0.2) is 4.98 Å². The molecule has 1 saturated heterocycles. The lowest BCUT2D eigenvalue weighted by Crippen LogP contribution is -2.42. The van der Waals surface area contributed by atoms with Crippen molar-refractivity contribution >= 4 is 5.91 Å². The molecular weight excluding hydrogens is 320 g/mol. The number of carbonyl (C=O) groups is 1. The molecule has 0 aliphatic carbocycles. The van der Waals surface area contributed by atoms with Gasteiger partial charge in [-0.1, -0.05) is 0 Å². The van der Waals surface area contributed by atoms with Crippen LogP contribution < -0.4 is 10.1 Å². The number of aromatic nitrogens is 4. The Hall–Kier alpha value is -2.48. The van der Waals surface area contributed by atoms with Gasteiger partial charge in [-0.2, -0.15) is 0 Å². The molecule has 0 radical (unpaired) electrons. The predicted molar refractivity (Wildman–Crippen MR) is 92.2 cm³/mol. The van der Waals surface area contributed by atoms with Crippen molar-refractivity contribution in [3.05, 3.63) is 36.0 Å². The Morgan fingerprint density at radius 3 is 2.84 bits per heavy atom. The molecule has 8 nitrogen and oxygen atoms in total. The summed E-state index contributed by atoms with van der Waals surface area (Å²) in [4.78, 5) is 18.9. The van der Waals surface area contributed by atoms with E-state index in [2.05, 4.69) is 37.0 Å². The Kier molecular flexibility index (Phi) is 5.28. The fraction of sp³-hybridized carbons (Fsp3) is 0.529. The van der Waals surface area contributed by atoms with Crippen LogP contribution in [-0.2, 0) is 7.05 Å². The van der Waals surface area contributed by atoms with E-state index in [4.69, 9.17) is 4.74 Å². The molecule has 3 rings (SSSR count). The lowest BCUT2D eigenvalue weighted by Gasteiger charge is -2.39. The van der Waals surface area contributed by atoms with Gasteiger partial charge in [-0.05, 0) is 38.4 Å². The molecule has 0 spiro atoms. The van der Waals surface area contributed by atoms with E-state index in [-0.39, 0.29) is 11.9 Å². The number of likely N-dealkylation sites (tertiary alicyclic amines) is 1. The van der Waals surface area contributed by atoms with Crippen molar-refractivity contribution in [3.63, 3.8) is 0 Å². The number of ether oxygens (including phenoxy) is 1. The Balaban J connectivity index is 1.67. The quantitative estimate of drug-likeness (QED) is 0.872. The van der Waals surface area contributed by atoms with E-state index in [1.807, 2.05) is 19.6 Å². The minimum absolute atomic E-state index is 0.216. The fourth-order valence-electron chi connectivity index (χ4n) is 3.46. The summed E-state index contributed by atoms with van der Waals surface area (Å²) in [5.41, 5.74) is 1.47. The van der Waals surface area contributed by atoms with Crippen LogP contribution in [0.4, 0.5) is 0 Å². The van der Waals surface area contributed by atoms with Crippen LogP contribution in [0, 0.1) is 5.92 Å². The van der Waals surface area contributed by atoms with Crippen molar-refractivity contribution in [3.8, 4) is 5.88 Å². The monoisotopic (exact) mass is 344 g/mol. The van der Waals surface area contributed by atoms with Crippen molar-refractivity contribution in [2.24, 2.45) is 13.0 Å². The van der Waals surface area contributed by atoms with Crippen LogP contribution in [0.3, 0.4) is 0 Å². The lowest BCUT2D eigenvalue weighted by atomic mass is 9.87. The van der Waals surface area contributed by atoms with Gasteiger partial charge in [-0.3, -0.25) is 9.69 Å². The number of nitrogens with zero attached hydrogens (tertiary/aromatic N) is 5. The summed E-state index contributed by atoms with van der Waals surface area (Å²) in [5, 5.41) is 10.7. The van der Waals surface area contributed by atoms with E-state index in [0.29, 0.717) is 24.0 Å². The molecule has 1 amide bonds. The third-order valence-electron chi connectivity index (χ3n) is 4.77. The van der Waals surface area contributed by atoms with Gasteiger partial charge in [0.15, 0.2) is 5.69 Å². The number of piperidine rings is 1. The van der Waals surface area contributed by atoms with E-state index in [9.17, 15) is 4.79 Å². The van der Waals surface area contributed by atoms with Crippen LogP contribution in [0.1, 0.15) is 35.1 Å². The summed E-state index contributed by atoms with van der Waals surface area (Å²) in [7, 11) is 5.65. The Morgan fingerprint density at radius 1 is 1.36 bits per heavy atom. The smallest absolute Gasteiger partial charge is 0.271 e. The molecule has 134 valence electrons. The van der Waals surface area contributed by atoms with Crippen LogP contribution in [0.5, 0.6) is 5.88 Å². The zero-order valence-electron chi connectivity index (χ0n) is 14.8. The standard InChI is InChI=1S/C17H24N6O2/c1-22-8-4-5-12(16(22)14-10-18-11-23(14)2)9-19-17(24)13-6-7-15(25-3)21-20-13/h6-7,10-12,16H,4-5,8-9H2,1-3H3,(H,19,24)/t12-,16+/m0/s1. The van der Waals surface area contributed by atoms with Gasteiger partial charge in [0.2, 0.25) is 5.88 Å². The summed E-state index contributed by atoms with van der Waals surface area (Å²) in [5.74, 6) is 0.498. The highest BCUT2D eigenvalue weighted by atomic mass is 16.5. The first-order valence-corrected chi connectivity index (χ1v) is 8.42. The van der Waals surface area contributed by atoms with Gasteiger partial charge in [0.25, 0.3) is 5.91 Å². The summed E-state index contributed by atoms with van der Waals surface area (Å²) in [6, 6.07) is 3.49. The number of rotatable bonds is 5. The van der Waals surface area contributed by atoms with Crippen LogP contribution in [0.15, 0.2) is 24.7 Å². The van der Waals surface area contributed by atoms with Crippen molar-refractivity contribution in [1.82, 2.24) is 30.0 Å². The van der Waals surface area contributed by atoms with Gasteiger partial charge < -0.3 is 14.6 Å². The van der Waals surface area contributed by atoms with Gasteiger partial charge in [0.05, 0.1) is 25.2 Å². The van der Waals surface area contributed by atoms with Crippen LogP contribution in [0.2, 0.25) is 0 Å². The van der Waals surface area contributed by atoms with E-state index in [1.165, 1.54) is 12.8 Å². The summed E-state index contributed by atoms with van der Waals surface area (Å²) in [6.07, 6.45) is 5.92. The maximum atomic E-state index is 12.3. The van der Waals surface area contributed by atoms with E-state index >= 15 is 0 Å². The normalized spacial score (nSPS) is 21.1. The number of imidazole rings is 1. The second kappa shape index (κ2) is 7.60.